The zero-order valence-corrected chi connectivity index (χ0v) is 11.7. The average Bonchev–Trinajstić information content (AvgIpc) is 2.48. The van der Waals surface area contributed by atoms with Gasteiger partial charge in [-0.25, -0.2) is 4.39 Å². The smallest absolute Gasteiger partial charge is 0.224 e. The first-order valence-corrected chi connectivity index (χ1v) is 7.06. The predicted octanol–water partition coefficient (Wildman–Crippen LogP) is 2.70. The van der Waals surface area contributed by atoms with Crippen LogP contribution in [0, 0.1) is 5.82 Å². The Balaban J connectivity index is 1.84. The SMILES string of the molecule is COc1cc(F)ccc1NC(=O)CCC1CCCCN1. The topological polar surface area (TPSA) is 50.4 Å². The molecule has 2 rings (SSSR count). The van der Waals surface area contributed by atoms with E-state index in [4.69, 9.17) is 4.74 Å². The van der Waals surface area contributed by atoms with Crippen LogP contribution >= 0.6 is 0 Å². The molecule has 0 spiro atoms. The van der Waals surface area contributed by atoms with E-state index < -0.39 is 0 Å². The van der Waals surface area contributed by atoms with E-state index in [1.807, 2.05) is 0 Å². The number of amides is 1. The monoisotopic (exact) mass is 280 g/mol. The number of methoxy groups -OCH3 is 1. The summed E-state index contributed by atoms with van der Waals surface area (Å²) >= 11 is 0. The molecule has 2 N–H and O–H groups in total. The Morgan fingerprint density at radius 3 is 3.05 bits per heavy atom. The lowest BCUT2D eigenvalue weighted by Gasteiger charge is -2.23. The van der Waals surface area contributed by atoms with Crippen LogP contribution in [0.1, 0.15) is 32.1 Å². The first kappa shape index (κ1) is 14.8. The van der Waals surface area contributed by atoms with Crippen molar-refractivity contribution in [3.05, 3.63) is 24.0 Å². The van der Waals surface area contributed by atoms with Crippen LogP contribution in [0.2, 0.25) is 0 Å². The maximum atomic E-state index is 13.1. The fraction of sp³-hybridized carbons (Fsp3) is 0.533. The molecule has 0 radical (unpaired) electrons. The van der Waals surface area contributed by atoms with Gasteiger partial charge in [-0.3, -0.25) is 4.79 Å². The van der Waals surface area contributed by atoms with Gasteiger partial charge in [0.15, 0.2) is 0 Å². The number of benzene rings is 1. The molecule has 1 amide bonds. The van der Waals surface area contributed by atoms with Crippen LogP contribution in [0.15, 0.2) is 18.2 Å². The molecule has 1 aliphatic rings. The van der Waals surface area contributed by atoms with Gasteiger partial charge in [-0.1, -0.05) is 6.42 Å². The van der Waals surface area contributed by atoms with Crippen molar-refractivity contribution in [2.75, 3.05) is 19.0 Å². The van der Waals surface area contributed by atoms with Gasteiger partial charge in [0.05, 0.1) is 12.8 Å². The van der Waals surface area contributed by atoms with Gasteiger partial charge in [0.2, 0.25) is 5.91 Å². The molecule has 110 valence electrons. The highest BCUT2D eigenvalue weighted by atomic mass is 19.1. The molecule has 1 unspecified atom stereocenters. The highest BCUT2D eigenvalue weighted by Gasteiger charge is 2.15. The average molecular weight is 280 g/mol. The normalized spacial score (nSPS) is 18.6. The molecule has 4 nitrogen and oxygen atoms in total. The van der Waals surface area contributed by atoms with Gasteiger partial charge in [0.1, 0.15) is 11.6 Å². The third kappa shape index (κ3) is 4.20. The van der Waals surface area contributed by atoms with Gasteiger partial charge in [0.25, 0.3) is 0 Å². The van der Waals surface area contributed by atoms with Crippen LogP contribution < -0.4 is 15.4 Å². The second-order valence-corrected chi connectivity index (χ2v) is 5.08. The van der Waals surface area contributed by atoms with Crippen molar-refractivity contribution in [2.24, 2.45) is 0 Å². The molecule has 1 aromatic rings. The zero-order chi connectivity index (χ0) is 14.4. The second kappa shape index (κ2) is 7.24. The molecular formula is C15H21FN2O2. The summed E-state index contributed by atoms with van der Waals surface area (Å²) in [6, 6.07) is 4.52. The van der Waals surface area contributed by atoms with E-state index in [9.17, 15) is 9.18 Å². The molecule has 1 fully saturated rings. The number of rotatable bonds is 5. The standard InChI is InChI=1S/C15H21FN2O2/c1-20-14-10-11(16)5-7-13(14)18-15(19)8-6-12-4-2-3-9-17-12/h5,7,10,12,17H,2-4,6,8-9H2,1H3,(H,18,19). The predicted molar refractivity (Wildman–Crippen MR) is 76.5 cm³/mol. The molecule has 0 aliphatic carbocycles. The number of hydrogen-bond acceptors (Lipinski definition) is 3. The molecular weight excluding hydrogens is 259 g/mol. The van der Waals surface area contributed by atoms with Crippen LogP contribution in [-0.4, -0.2) is 25.6 Å². The van der Waals surface area contributed by atoms with Gasteiger partial charge in [-0.2, -0.15) is 0 Å². The van der Waals surface area contributed by atoms with E-state index in [0.29, 0.717) is 23.9 Å². The molecule has 5 heteroatoms. The quantitative estimate of drug-likeness (QED) is 0.872. The van der Waals surface area contributed by atoms with Crippen LogP contribution in [0.25, 0.3) is 0 Å². The van der Waals surface area contributed by atoms with E-state index in [1.54, 1.807) is 0 Å². The van der Waals surface area contributed by atoms with Crippen molar-refractivity contribution in [2.45, 2.75) is 38.1 Å². The number of nitrogens with one attached hydrogen (secondary N) is 2. The fourth-order valence-electron chi connectivity index (χ4n) is 2.46. The van der Waals surface area contributed by atoms with Crippen LogP contribution in [0.5, 0.6) is 5.75 Å². The lowest BCUT2D eigenvalue weighted by Crippen LogP contribution is -2.34. The van der Waals surface area contributed by atoms with E-state index in [2.05, 4.69) is 10.6 Å². The summed E-state index contributed by atoms with van der Waals surface area (Å²) in [5, 5.41) is 6.18. The van der Waals surface area contributed by atoms with Crippen LogP contribution in [0.4, 0.5) is 10.1 Å². The van der Waals surface area contributed by atoms with Gasteiger partial charge >= 0.3 is 0 Å². The molecule has 0 aromatic heterocycles. The second-order valence-electron chi connectivity index (χ2n) is 5.08. The summed E-state index contributed by atoms with van der Waals surface area (Å²) < 4.78 is 18.1. The molecule has 0 bridgehead atoms. The minimum Gasteiger partial charge on any atom is -0.494 e. The van der Waals surface area contributed by atoms with Crippen molar-refractivity contribution in [3.63, 3.8) is 0 Å². The number of piperidine rings is 1. The van der Waals surface area contributed by atoms with Crippen LogP contribution in [-0.2, 0) is 4.79 Å². The summed E-state index contributed by atoms with van der Waals surface area (Å²) in [5.74, 6) is -0.109. The summed E-state index contributed by atoms with van der Waals surface area (Å²) in [5.41, 5.74) is 0.510. The van der Waals surface area contributed by atoms with E-state index >= 15 is 0 Å². The summed E-state index contributed by atoms with van der Waals surface area (Å²) in [7, 11) is 1.45. The largest absolute Gasteiger partial charge is 0.494 e. The highest BCUT2D eigenvalue weighted by molar-refractivity contribution is 5.92. The lowest BCUT2D eigenvalue weighted by atomic mass is 10.0. The van der Waals surface area contributed by atoms with Gasteiger partial charge in [0, 0.05) is 18.5 Å². The number of ether oxygens (including phenoxy) is 1. The Kier molecular flexibility index (Phi) is 5.35. The third-order valence-electron chi connectivity index (χ3n) is 3.57. The third-order valence-corrected chi connectivity index (χ3v) is 3.57. The summed E-state index contributed by atoms with van der Waals surface area (Å²) in [4.78, 5) is 11.9. The Morgan fingerprint density at radius 1 is 1.50 bits per heavy atom. The van der Waals surface area contributed by atoms with E-state index in [1.165, 1.54) is 38.2 Å². The highest BCUT2D eigenvalue weighted by Crippen LogP contribution is 2.25. The Bertz CT molecular complexity index is 459. The fourth-order valence-corrected chi connectivity index (χ4v) is 2.46. The van der Waals surface area contributed by atoms with E-state index in [0.717, 1.165) is 19.4 Å². The molecule has 1 heterocycles. The molecule has 1 aliphatic heterocycles. The Hall–Kier alpha value is -1.62. The molecule has 1 aromatic carbocycles. The van der Waals surface area contributed by atoms with E-state index in [-0.39, 0.29) is 11.7 Å². The Labute approximate surface area is 118 Å². The number of halogens is 1. The number of carbonyl (C=O) groups excluding carboxylic acids is 1. The summed E-state index contributed by atoms with van der Waals surface area (Å²) in [6.45, 7) is 1.04. The minimum atomic E-state index is -0.383. The first-order valence-electron chi connectivity index (χ1n) is 7.06. The van der Waals surface area contributed by atoms with Crippen LogP contribution in [0.3, 0.4) is 0 Å². The first-order chi connectivity index (χ1) is 9.69. The molecule has 0 saturated carbocycles. The maximum absolute atomic E-state index is 13.1. The molecule has 1 saturated heterocycles. The number of anilines is 1. The van der Waals surface area contributed by atoms with Gasteiger partial charge in [-0.05, 0) is 37.9 Å². The van der Waals surface area contributed by atoms with Crippen molar-refractivity contribution in [3.8, 4) is 5.75 Å². The van der Waals surface area contributed by atoms with Crippen molar-refractivity contribution >= 4 is 11.6 Å². The maximum Gasteiger partial charge on any atom is 0.224 e. The van der Waals surface area contributed by atoms with Crippen molar-refractivity contribution in [1.82, 2.24) is 5.32 Å². The van der Waals surface area contributed by atoms with Gasteiger partial charge < -0.3 is 15.4 Å². The minimum absolute atomic E-state index is 0.0673. The number of hydrogen-bond donors (Lipinski definition) is 2. The Morgan fingerprint density at radius 2 is 2.35 bits per heavy atom. The van der Waals surface area contributed by atoms with Crippen molar-refractivity contribution in [1.29, 1.82) is 0 Å². The van der Waals surface area contributed by atoms with Crippen molar-refractivity contribution < 1.29 is 13.9 Å². The zero-order valence-electron chi connectivity index (χ0n) is 11.7. The molecule has 1 atom stereocenters. The lowest BCUT2D eigenvalue weighted by molar-refractivity contribution is -0.116. The molecule has 20 heavy (non-hydrogen) atoms. The van der Waals surface area contributed by atoms with Gasteiger partial charge in [-0.15, -0.1) is 0 Å². The number of carbonyl (C=O) groups is 1. The summed E-state index contributed by atoms with van der Waals surface area (Å²) in [6.07, 6.45) is 4.86.